The van der Waals surface area contributed by atoms with Crippen LogP contribution >= 0.6 is 0 Å². The Balaban J connectivity index is 1.72. The fourth-order valence-corrected chi connectivity index (χ4v) is 3.98. The summed E-state index contributed by atoms with van der Waals surface area (Å²) in [5, 5.41) is 2.97. The molecule has 7 heteroatoms. The van der Waals surface area contributed by atoms with Crippen LogP contribution in [0.5, 0.6) is 0 Å². The van der Waals surface area contributed by atoms with Gasteiger partial charge in [-0.3, -0.25) is 4.79 Å². The molecule has 6 nitrogen and oxygen atoms in total. The number of hydrogen-bond donors (Lipinski definition) is 1. The van der Waals surface area contributed by atoms with E-state index in [1.54, 1.807) is 0 Å². The third-order valence-corrected chi connectivity index (χ3v) is 5.83. The molecule has 0 atom stereocenters. The van der Waals surface area contributed by atoms with Gasteiger partial charge in [-0.2, -0.15) is 0 Å². The molecule has 1 fully saturated rings. The van der Waals surface area contributed by atoms with Crippen molar-refractivity contribution in [2.45, 2.75) is 32.4 Å². The zero-order valence-electron chi connectivity index (χ0n) is 15.4. The molecule has 1 aromatic rings. The molecule has 1 N–H and O–H groups in total. The Kier molecular flexibility index (Phi) is 6.98. The number of benzene rings is 1. The van der Waals surface area contributed by atoms with E-state index in [1.807, 2.05) is 26.2 Å². The number of carbonyl (C=O) groups excluding carboxylic acids is 1. The lowest BCUT2D eigenvalue weighted by Gasteiger charge is -2.29. The highest BCUT2D eigenvalue weighted by Gasteiger charge is 2.26. The summed E-state index contributed by atoms with van der Waals surface area (Å²) in [6.07, 6.45) is 3.21. The molecule has 0 aliphatic carbocycles. The van der Waals surface area contributed by atoms with Crippen molar-refractivity contribution < 1.29 is 13.2 Å². The van der Waals surface area contributed by atoms with Crippen molar-refractivity contribution in [3.05, 3.63) is 35.4 Å². The van der Waals surface area contributed by atoms with Gasteiger partial charge >= 0.3 is 0 Å². The van der Waals surface area contributed by atoms with Crippen LogP contribution in [0.3, 0.4) is 0 Å². The molecule has 140 valence electrons. The van der Waals surface area contributed by atoms with Gasteiger partial charge in [0.25, 0.3) is 0 Å². The first-order chi connectivity index (χ1) is 11.7. The molecule has 1 aromatic carbocycles. The number of carbonyl (C=O) groups is 1. The first-order valence-corrected chi connectivity index (χ1v) is 10.5. The Morgan fingerprint density at radius 2 is 1.72 bits per heavy atom. The Labute approximate surface area is 151 Å². The van der Waals surface area contributed by atoms with Gasteiger partial charge in [-0.15, -0.1) is 0 Å². The Morgan fingerprint density at radius 1 is 1.16 bits per heavy atom. The molecule has 0 unspecified atom stereocenters. The van der Waals surface area contributed by atoms with E-state index < -0.39 is 10.0 Å². The van der Waals surface area contributed by atoms with Crippen molar-refractivity contribution >= 4 is 15.9 Å². The summed E-state index contributed by atoms with van der Waals surface area (Å²) in [5.41, 5.74) is 2.33. The van der Waals surface area contributed by atoms with Gasteiger partial charge in [0.1, 0.15) is 0 Å². The minimum Gasteiger partial charge on any atom is -0.352 e. The first kappa shape index (κ1) is 19.9. The second kappa shape index (κ2) is 8.78. The van der Waals surface area contributed by atoms with Crippen LogP contribution in [0.1, 0.15) is 30.4 Å². The molecule has 1 aliphatic heterocycles. The van der Waals surface area contributed by atoms with E-state index in [4.69, 9.17) is 0 Å². The molecule has 2 rings (SSSR count). The smallest absolute Gasteiger partial charge is 0.220 e. The van der Waals surface area contributed by atoms with Gasteiger partial charge in [0.2, 0.25) is 15.9 Å². The van der Waals surface area contributed by atoms with Crippen LogP contribution in [-0.4, -0.2) is 57.0 Å². The molecule has 1 saturated heterocycles. The van der Waals surface area contributed by atoms with E-state index in [0.29, 0.717) is 26.1 Å². The third kappa shape index (κ3) is 6.76. The minimum atomic E-state index is -3.11. The second-order valence-electron chi connectivity index (χ2n) is 7.14. The highest BCUT2D eigenvalue weighted by atomic mass is 32.2. The van der Waals surface area contributed by atoms with Crippen molar-refractivity contribution in [2.75, 3.05) is 33.4 Å². The standard InChI is InChI=1S/C18H29N3O3S/c1-20(2)14-17-6-4-16(5-7-17)13-19-18(22)12-15-8-10-21(11-9-15)25(3,23)24/h4-7,15H,8-14H2,1-3H3,(H,19,22). The van der Waals surface area contributed by atoms with Gasteiger partial charge in [0, 0.05) is 32.6 Å². The van der Waals surface area contributed by atoms with Crippen LogP contribution in [0.25, 0.3) is 0 Å². The topological polar surface area (TPSA) is 69.7 Å². The number of nitrogens with zero attached hydrogens (tertiary/aromatic N) is 2. The van der Waals surface area contributed by atoms with Crippen molar-refractivity contribution in [2.24, 2.45) is 5.92 Å². The molecule has 0 bridgehead atoms. The average molecular weight is 368 g/mol. The predicted octanol–water partition coefficient (Wildman–Crippen LogP) is 1.43. The molecule has 0 aromatic heterocycles. The van der Waals surface area contributed by atoms with E-state index in [9.17, 15) is 13.2 Å². The quantitative estimate of drug-likeness (QED) is 0.791. The van der Waals surface area contributed by atoms with E-state index in [0.717, 1.165) is 24.9 Å². The zero-order chi connectivity index (χ0) is 18.4. The van der Waals surface area contributed by atoms with Gasteiger partial charge in [-0.25, -0.2) is 12.7 Å². The summed E-state index contributed by atoms with van der Waals surface area (Å²) in [6, 6.07) is 8.26. The number of nitrogens with one attached hydrogen (secondary N) is 1. The summed E-state index contributed by atoms with van der Waals surface area (Å²) in [6.45, 7) is 2.47. The summed E-state index contributed by atoms with van der Waals surface area (Å²) < 4.78 is 24.5. The Morgan fingerprint density at radius 3 is 2.24 bits per heavy atom. The molecule has 0 radical (unpaired) electrons. The molecule has 25 heavy (non-hydrogen) atoms. The lowest BCUT2D eigenvalue weighted by atomic mass is 9.94. The van der Waals surface area contributed by atoms with Gasteiger partial charge in [-0.05, 0) is 44.0 Å². The van der Waals surface area contributed by atoms with Crippen molar-refractivity contribution in [1.29, 1.82) is 0 Å². The summed E-state index contributed by atoms with van der Waals surface area (Å²) >= 11 is 0. The fourth-order valence-electron chi connectivity index (χ4n) is 3.11. The van der Waals surface area contributed by atoms with Gasteiger partial charge in [0.05, 0.1) is 6.26 Å². The summed E-state index contributed by atoms with van der Waals surface area (Å²) in [5.74, 6) is 0.302. The summed E-state index contributed by atoms with van der Waals surface area (Å²) in [4.78, 5) is 14.2. The molecular formula is C18H29N3O3S. The van der Waals surface area contributed by atoms with E-state index in [2.05, 4.69) is 22.3 Å². The van der Waals surface area contributed by atoms with E-state index in [-0.39, 0.29) is 11.8 Å². The van der Waals surface area contributed by atoms with Crippen LogP contribution in [0.4, 0.5) is 0 Å². The van der Waals surface area contributed by atoms with Gasteiger partial charge < -0.3 is 10.2 Å². The fraction of sp³-hybridized carbons (Fsp3) is 0.611. The van der Waals surface area contributed by atoms with Crippen molar-refractivity contribution in [1.82, 2.24) is 14.5 Å². The van der Waals surface area contributed by atoms with Crippen LogP contribution in [0, 0.1) is 5.92 Å². The monoisotopic (exact) mass is 367 g/mol. The summed E-state index contributed by atoms with van der Waals surface area (Å²) in [7, 11) is 0.967. The van der Waals surface area contributed by atoms with E-state index in [1.165, 1.54) is 16.1 Å². The predicted molar refractivity (Wildman–Crippen MR) is 99.4 cm³/mol. The number of sulfonamides is 1. The highest BCUT2D eigenvalue weighted by molar-refractivity contribution is 7.88. The molecule has 1 amide bonds. The molecule has 1 aliphatic rings. The molecule has 0 saturated carbocycles. The molecular weight excluding hydrogens is 338 g/mol. The van der Waals surface area contributed by atoms with Crippen LogP contribution in [0.15, 0.2) is 24.3 Å². The van der Waals surface area contributed by atoms with Crippen LogP contribution in [-0.2, 0) is 27.9 Å². The number of piperidine rings is 1. The van der Waals surface area contributed by atoms with Gasteiger partial charge in [0.15, 0.2) is 0 Å². The second-order valence-corrected chi connectivity index (χ2v) is 9.12. The van der Waals surface area contributed by atoms with E-state index >= 15 is 0 Å². The van der Waals surface area contributed by atoms with Crippen molar-refractivity contribution in [3.63, 3.8) is 0 Å². The van der Waals surface area contributed by atoms with Crippen LogP contribution in [0.2, 0.25) is 0 Å². The van der Waals surface area contributed by atoms with Crippen molar-refractivity contribution in [3.8, 4) is 0 Å². The maximum atomic E-state index is 12.1. The maximum Gasteiger partial charge on any atom is 0.220 e. The minimum absolute atomic E-state index is 0.0372. The highest BCUT2D eigenvalue weighted by Crippen LogP contribution is 2.22. The zero-order valence-corrected chi connectivity index (χ0v) is 16.2. The number of hydrogen-bond acceptors (Lipinski definition) is 4. The Hall–Kier alpha value is -1.44. The SMILES string of the molecule is CN(C)Cc1ccc(CNC(=O)CC2CCN(S(C)(=O)=O)CC2)cc1. The number of amides is 1. The molecule has 0 spiro atoms. The van der Waals surface area contributed by atoms with Crippen LogP contribution < -0.4 is 5.32 Å². The largest absolute Gasteiger partial charge is 0.352 e. The maximum absolute atomic E-state index is 12.1. The van der Waals surface area contributed by atoms with Gasteiger partial charge in [-0.1, -0.05) is 24.3 Å². The average Bonchev–Trinajstić information content (AvgIpc) is 2.53. The molecule has 1 heterocycles. The lowest BCUT2D eigenvalue weighted by molar-refractivity contribution is -0.122. The normalized spacial score (nSPS) is 17.0. The number of rotatable bonds is 7. The Bertz CT molecular complexity index is 663. The third-order valence-electron chi connectivity index (χ3n) is 4.53. The lowest BCUT2D eigenvalue weighted by Crippen LogP contribution is -2.39. The first-order valence-electron chi connectivity index (χ1n) is 8.68.